The highest BCUT2D eigenvalue weighted by molar-refractivity contribution is 5.25. The molecule has 1 N–H and O–H groups in total. The predicted molar refractivity (Wildman–Crippen MR) is 51.5 cm³/mol. The average Bonchev–Trinajstić information content (AvgIpc) is 2.47. The van der Waals surface area contributed by atoms with Crippen molar-refractivity contribution in [2.75, 3.05) is 6.54 Å². The van der Waals surface area contributed by atoms with Crippen molar-refractivity contribution >= 4 is 0 Å². The molecule has 0 bridgehead atoms. The number of benzene rings is 1. The molecule has 1 atom stereocenters. The highest BCUT2D eigenvalue weighted by Crippen LogP contribution is 2.33. The lowest BCUT2D eigenvalue weighted by atomic mass is 10.0. The normalized spacial score (nSPS) is 25.2. The number of hydrogen-bond donors (Lipinski definition) is 1. The Morgan fingerprint density at radius 1 is 1.29 bits per heavy atom. The first kappa shape index (κ1) is 9.59. The molecule has 1 saturated heterocycles. The maximum Gasteiger partial charge on any atom is 0.262 e. The van der Waals surface area contributed by atoms with Crippen LogP contribution in [0, 0.1) is 6.92 Å². The van der Waals surface area contributed by atoms with Crippen molar-refractivity contribution < 1.29 is 8.78 Å². The number of alkyl halides is 2. The van der Waals surface area contributed by atoms with Gasteiger partial charge in [0.1, 0.15) is 0 Å². The van der Waals surface area contributed by atoms with Gasteiger partial charge in [-0.05, 0) is 12.5 Å². The Kier molecular flexibility index (Phi) is 2.27. The van der Waals surface area contributed by atoms with Gasteiger partial charge in [0.2, 0.25) is 0 Å². The molecule has 1 aliphatic rings. The molecule has 2 rings (SSSR count). The average molecular weight is 197 g/mol. The van der Waals surface area contributed by atoms with E-state index in [1.807, 2.05) is 31.2 Å². The van der Waals surface area contributed by atoms with E-state index < -0.39 is 5.92 Å². The SMILES string of the molecule is Cc1ccc(C2CC(F)(F)CN2)cc1. The maximum absolute atomic E-state index is 12.9. The Labute approximate surface area is 82.1 Å². The van der Waals surface area contributed by atoms with Crippen LogP contribution < -0.4 is 5.32 Å². The van der Waals surface area contributed by atoms with Crippen LogP contribution in [0.15, 0.2) is 24.3 Å². The number of nitrogens with one attached hydrogen (secondary N) is 1. The Morgan fingerprint density at radius 2 is 1.93 bits per heavy atom. The minimum Gasteiger partial charge on any atom is -0.304 e. The number of hydrogen-bond acceptors (Lipinski definition) is 1. The molecule has 1 nitrogen and oxygen atoms in total. The molecule has 0 amide bonds. The fraction of sp³-hybridized carbons (Fsp3) is 0.455. The van der Waals surface area contributed by atoms with Crippen molar-refractivity contribution in [2.45, 2.75) is 25.3 Å². The Balaban J connectivity index is 2.14. The largest absolute Gasteiger partial charge is 0.304 e. The van der Waals surface area contributed by atoms with E-state index in [9.17, 15) is 8.78 Å². The molecule has 1 heterocycles. The van der Waals surface area contributed by atoms with Gasteiger partial charge in [-0.3, -0.25) is 0 Å². The highest BCUT2D eigenvalue weighted by atomic mass is 19.3. The predicted octanol–water partition coefficient (Wildman–Crippen LogP) is 2.66. The van der Waals surface area contributed by atoms with Crippen molar-refractivity contribution in [3.05, 3.63) is 35.4 Å². The molecule has 0 aromatic heterocycles. The smallest absolute Gasteiger partial charge is 0.262 e. The van der Waals surface area contributed by atoms with Crippen LogP contribution in [0.25, 0.3) is 0 Å². The maximum atomic E-state index is 12.9. The molecule has 14 heavy (non-hydrogen) atoms. The Bertz CT molecular complexity index is 319. The zero-order valence-electron chi connectivity index (χ0n) is 8.06. The van der Waals surface area contributed by atoms with E-state index in [1.54, 1.807) is 0 Å². The summed E-state index contributed by atoms with van der Waals surface area (Å²) in [5, 5.41) is 2.83. The molecule has 0 spiro atoms. The van der Waals surface area contributed by atoms with Crippen molar-refractivity contribution in [1.29, 1.82) is 0 Å². The molecule has 1 aromatic carbocycles. The third-order valence-electron chi connectivity index (χ3n) is 2.59. The molecule has 1 aliphatic heterocycles. The Hall–Kier alpha value is -0.960. The summed E-state index contributed by atoms with van der Waals surface area (Å²) in [6, 6.07) is 7.54. The van der Waals surface area contributed by atoms with Crippen LogP contribution in [0.3, 0.4) is 0 Å². The summed E-state index contributed by atoms with van der Waals surface area (Å²) in [5.74, 6) is -2.55. The van der Waals surface area contributed by atoms with E-state index in [0.29, 0.717) is 0 Å². The minimum atomic E-state index is -2.55. The van der Waals surface area contributed by atoms with Gasteiger partial charge in [0.15, 0.2) is 0 Å². The second kappa shape index (κ2) is 3.31. The van der Waals surface area contributed by atoms with E-state index in [-0.39, 0.29) is 19.0 Å². The summed E-state index contributed by atoms with van der Waals surface area (Å²) in [5.41, 5.74) is 2.10. The first-order valence-electron chi connectivity index (χ1n) is 4.75. The summed E-state index contributed by atoms with van der Waals surface area (Å²) < 4.78 is 25.8. The van der Waals surface area contributed by atoms with Crippen molar-refractivity contribution in [3.63, 3.8) is 0 Å². The standard InChI is InChI=1S/C11H13F2N/c1-8-2-4-9(5-3-8)10-6-11(12,13)7-14-10/h2-5,10,14H,6-7H2,1H3. The van der Waals surface area contributed by atoms with Crippen LogP contribution >= 0.6 is 0 Å². The van der Waals surface area contributed by atoms with E-state index >= 15 is 0 Å². The van der Waals surface area contributed by atoms with Crippen LogP contribution in [0.2, 0.25) is 0 Å². The van der Waals surface area contributed by atoms with Crippen LogP contribution in [-0.2, 0) is 0 Å². The van der Waals surface area contributed by atoms with Crippen molar-refractivity contribution in [2.24, 2.45) is 0 Å². The summed E-state index contributed by atoms with van der Waals surface area (Å²) in [6.45, 7) is 1.78. The summed E-state index contributed by atoms with van der Waals surface area (Å²) >= 11 is 0. The topological polar surface area (TPSA) is 12.0 Å². The van der Waals surface area contributed by atoms with Gasteiger partial charge in [0.05, 0.1) is 6.54 Å². The summed E-state index contributed by atoms with van der Waals surface area (Å²) in [4.78, 5) is 0. The van der Waals surface area contributed by atoms with E-state index in [1.165, 1.54) is 0 Å². The second-order valence-corrected chi connectivity index (χ2v) is 3.90. The zero-order valence-corrected chi connectivity index (χ0v) is 8.06. The molecular weight excluding hydrogens is 184 g/mol. The minimum absolute atomic E-state index is 0.0872. The van der Waals surface area contributed by atoms with E-state index in [4.69, 9.17) is 0 Å². The molecule has 0 saturated carbocycles. The van der Waals surface area contributed by atoms with E-state index in [0.717, 1.165) is 11.1 Å². The first-order chi connectivity index (χ1) is 6.57. The number of aryl methyl sites for hydroxylation is 1. The second-order valence-electron chi connectivity index (χ2n) is 3.90. The summed E-state index contributed by atoms with van der Waals surface area (Å²) in [6.07, 6.45) is -0.0872. The summed E-state index contributed by atoms with van der Waals surface area (Å²) in [7, 11) is 0. The third kappa shape index (κ3) is 1.93. The van der Waals surface area contributed by atoms with Crippen LogP contribution in [-0.4, -0.2) is 12.5 Å². The van der Waals surface area contributed by atoms with Gasteiger partial charge in [0, 0.05) is 12.5 Å². The van der Waals surface area contributed by atoms with Gasteiger partial charge in [-0.15, -0.1) is 0 Å². The van der Waals surface area contributed by atoms with Crippen LogP contribution in [0.4, 0.5) is 8.78 Å². The molecule has 1 aromatic rings. The molecule has 0 aliphatic carbocycles. The fourth-order valence-electron chi connectivity index (χ4n) is 1.75. The number of halogens is 2. The van der Waals surface area contributed by atoms with Gasteiger partial charge < -0.3 is 5.32 Å². The molecular formula is C11H13F2N. The molecule has 1 unspecified atom stereocenters. The van der Waals surface area contributed by atoms with Gasteiger partial charge in [-0.1, -0.05) is 29.8 Å². The monoisotopic (exact) mass is 197 g/mol. The lowest BCUT2D eigenvalue weighted by Gasteiger charge is -2.10. The van der Waals surface area contributed by atoms with Crippen LogP contribution in [0.5, 0.6) is 0 Å². The van der Waals surface area contributed by atoms with Gasteiger partial charge in [-0.2, -0.15) is 0 Å². The lowest BCUT2D eigenvalue weighted by Crippen LogP contribution is -2.19. The fourth-order valence-corrected chi connectivity index (χ4v) is 1.75. The Morgan fingerprint density at radius 3 is 2.43 bits per heavy atom. The zero-order chi connectivity index (χ0) is 10.2. The van der Waals surface area contributed by atoms with Gasteiger partial charge in [0.25, 0.3) is 5.92 Å². The van der Waals surface area contributed by atoms with Crippen molar-refractivity contribution in [3.8, 4) is 0 Å². The molecule has 76 valence electrons. The van der Waals surface area contributed by atoms with Crippen molar-refractivity contribution in [1.82, 2.24) is 5.32 Å². The molecule has 3 heteroatoms. The van der Waals surface area contributed by atoms with Crippen LogP contribution in [0.1, 0.15) is 23.6 Å². The third-order valence-corrected chi connectivity index (χ3v) is 2.59. The van der Waals surface area contributed by atoms with Gasteiger partial charge >= 0.3 is 0 Å². The highest BCUT2D eigenvalue weighted by Gasteiger charge is 2.39. The number of rotatable bonds is 1. The lowest BCUT2D eigenvalue weighted by molar-refractivity contribution is 0.0210. The van der Waals surface area contributed by atoms with E-state index in [2.05, 4.69) is 5.32 Å². The molecule has 0 radical (unpaired) electrons. The first-order valence-corrected chi connectivity index (χ1v) is 4.75. The molecule has 1 fully saturated rings. The quantitative estimate of drug-likeness (QED) is 0.729. The van der Waals surface area contributed by atoms with Gasteiger partial charge in [-0.25, -0.2) is 8.78 Å².